The van der Waals surface area contributed by atoms with Gasteiger partial charge in [0.05, 0.1) is 0 Å². The fraction of sp³-hybridized carbons (Fsp3) is 0.273. The minimum absolute atomic E-state index is 0.113. The molecule has 136 valence electrons. The first kappa shape index (κ1) is 17.2. The Morgan fingerprint density at radius 3 is 2.41 bits per heavy atom. The Balaban J connectivity index is 1.55. The second-order valence-electron chi connectivity index (χ2n) is 6.89. The number of amides is 1. The molecule has 0 atom stereocenters. The van der Waals surface area contributed by atoms with Crippen LogP contribution in [0, 0.1) is 18.3 Å². The number of rotatable bonds is 3. The maximum atomic E-state index is 13.1. The zero-order valence-corrected chi connectivity index (χ0v) is 15.3. The quantitative estimate of drug-likeness (QED) is 0.701. The highest BCUT2D eigenvalue weighted by Crippen LogP contribution is 2.31. The first-order chi connectivity index (χ1) is 13.2. The van der Waals surface area contributed by atoms with Gasteiger partial charge in [-0.15, -0.1) is 0 Å². The fourth-order valence-corrected chi connectivity index (χ4v) is 3.84. The lowest BCUT2D eigenvalue weighted by atomic mass is 9.89. The molecule has 3 aromatic rings. The van der Waals surface area contributed by atoms with Crippen LogP contribution in [-0.2, 0) is 0 Å². The van der Waals surface area contributed by atoms with Gasteiger partial charge in [-0.05, 0) is 43.4 Å². The van der Waals surface area contributed by atoms with Crippen LogP contribution in [0.15, 0.2) is 59.3 Å². The molecular weight excluding hydrogens is 338 g/mol. The largest absolute Gasteiger partial charge is 0.443 e. The van der Waals surface area contributed by atoms with Crippen LogP contribution in [0.2, 0.25) is 0 Å². The Morgan fingerprint density at radius 1 is 1.11 bits per heavy atom. The molecule has 0 radical (unpaired) electrons. The van der Waals surface area contributed by atoms with Crippen molar-refractivity contribution in [3.8, 4) is 12.0 Å². The molecule has 0 saturated carbocycles. The number of hydrogen-bond acceptors (Lipinski definition) is 3. The number of aromatic nitrogens is 1. The zero-order valence-electron chi connectivity index (χ0n) is 15.3. The molecule has 1 saturated heterocycles. The summed E-state index contributed by atoms with van der Waals surface area (Å²) in [5.41, 5.74) is 2.02. The standard InChI is InChI=1S/C22H21N3O2/c1-16-20(19(15-23)22(27-16)25-11-5-6-12-25)21(26)24-13-9-18(10-14-24)17-7-3-2-4-8-17/h2-8,11-12,18H,9-10,13-14H2,1H3. The summed E-state index contributed by atoms with van der Waals surface area (Å²) in [6.07, 6.45) is 5.47. The van der Waals surface area contributed by atoms with Gasteiger partial charge in [0.2, 0.25) is 5.88 Å². The summed E-state index contributed by atoms with van der Waals surface area (Å²) in [5, 5.41) is 9.66. The summed E-state index contributed by atoms with van der Waals surface area (Å²) in [4.78, 5) is 15.0. The minimum Gasteiger partial charge on any atom is -0.443 e. The van der Waals surface area contributed by atoms with Crippen molar-refractivity contribution in [3.05, 3.63) is 77.3 Å². The Labute approximate surface area is 158 Å². The maximum Gasteiger partial charge on any atom is 0.258 e. The normalized spacial score (nSPS) is 14.9. The Kier molecular flexibility index (Phi) is 4.55. The van der Waals surface area contributed by atoms with Gasteiger partial charge in [-0.1, -0.05) is 30.3 Å². The van der Waals surface area contributed by atoms with E-state index in [-0.39, 0.29) is 5.91 Å². The lowest BCUT2D eigenvalue weighted by molar-refractivity contribution is 0.0711. The van der Waals surface area contributed by atoms with Gasteiger partial charge in [0.15, 0.2) is 0 Å². The summed E-state index contributed by atoms with van der Waals surface area (Å²) >= 11 is 0. The highest BCUT2D eigenvalue weighted by molar-refractivity contribution is 5.98. The molecule has 0 unspecified atom stereocenters. The van der Waals surface area contributed by atoms with Gasteiger partial charge in [0.1, 0.15) is 23.0 Å². The van der Waals surface area contributed by atoms with Gasteiger partial charge in [0, 0.05) is 25.5 Å². The van der Waals surface area contributed by atoms with Crippen LogP contribution in [0.4, 0.5) is 0 Å². The molecule has 1 fully saturated rings. The van der Waals surface area contributed by atoms with E-state index in [1.54, 1.807) is 23.9 Å². The number of nitrogens with zero attached hydrogens (tertiary/aromatic N) is 3. The van der Waals surface area contributed by atoms with E-state index in [1.807, 2.05) is 23.1 Å². The van der Waals surface area contributed by atoms with Crippen LogP contribution in [0.3, 0.4) is 0 Å². The number of likely N-dealkylation sites (tertiary alicyclic amines) is 1. The molecule has 2 aromatic heterocycles. The van der Waals surface area contributed by atoms with Crippen molar-refractivity contribution in [2.75, 3.05) is 13.1 Å². The summed E-state index contributed by atoms with van der Waals surface area (Å²) in [7, 11) is 0. The molecule has 1 aliphatic heterocycles. The monoisotopic (exact) mass is 359 g/mol. The van der Waals surface area contributed by atoms with Gasteiger partial charge in [-0.3, -0.25) is 9.36 Å². The molecule has 27 heavy (non-hydrogen) atoms. The van der Waals surface area contributed by atoms with Gasteiger partial charge < -0.3 is 9.32 Å². The number of nitriles is 1. The third kappa shape index (κ3) is 3.15. The van der Waals surface area contributed by atoms with E-state index in [0.29, 0.717) is 41.8 Å². The van der Waals surface area contributed by atoms with E-state index < -0.39 is 0 Å². The second-order valence-corrected chi connectivity index (χ2v) is 6.89. The minimum atomic E-state index is -0.113. The van der Waals surface area contributed by atoms with Crippen molar-refractivity contribution < 1.29 is 9.21 Å². The van der Waals surface area contributed by atoms with Crippen LogP contribution in [0.1, 0.15) is 46.0 Å². The highest BCUT2D eigenvalue weighted by Gasteiger charge is 2.30. The lowest BCUT2D eigenvalue weighted by Crippen LogP contribution is -2.38. The van der Waals surface area contributed by atoms with Crippen molar-refractivity contribution in [1.82, 2.24) is 9.47 Å². The number of piperidine rings is 1. The summed E-state index contributed by atoms with van der Waals surface area (Å²) in [6, 6.07) is 16.3. The predicted octanol–water partition coefficient (Wildman–Crippen LogP) is 4.27. The van der Waals surface area contributed by atoms with Crippen LogP contribution < -0.4 is 0 Å². The number of benzene rings is 1. The zero-order chi connectivity index (χ0) is 18.8. The number of aryl methyl sites for hydroxylation is 1. The molecule has 1 aromatic carbocycles. The van der Waals surface area contributed by atoms with Gasteiger partial charge in [0.25, 0.3) is 5.91 Å². The molecule has 0 bridgehead atoms. The van der Waals surface area contributed by atoms with Gasteiger partial charge >= 0.3 is 0 Å². The van der Waals surface area contributed by atoms with Crippen molar-refractivity contribution in [3.63, 3.8) is 0 Å². The molecule has 1 amide bonds. The van der Waals surface area contributed by atoms with E-state index in [1.165, 1.54) is 5.56 Å². The third-order valence-electron chi connectivity index (χ3n) is 5.28. The van der Waals surface area contributed by atoms with Crippen molar-refractivity contribution in [2.24, 2.45) is 0 Å². The molecule has 0 aliphatic carbocycles. The smallest absolute Gasteiger partial charge is 0.258 e. The van der Waals surface area contributed by atoms with Crippen LogP contribution in [-0.4, -0.2) is 28.5 Å². The molecule has 4 rings (SSSR count). The molecule has 3 heterocycles. The fourth-order valence-electron chi connectivity index (χ4n) is 3.84. The summed E-state index contributed by atoms with van der Waals surface area (Å²) in [6.45, 7) is 3.12. The van der Waals surface area contributed by atoms with Crippen molar-refractivity contribution in [1.29, 1.82) is 5.26 Å². The first-order valence-electron chi connectivity index (χ1n) is 9.20. The van der Waals surface area contributed by atoms with Gasteiger partial charge in [-0.25, -0.2) is 0 Å². The topological polar surface area (TPSA) is 62.2 Å². The lowest BCUT2D eigenvalue weighted by Gasteiger charge is -2.32. The number of carbonyl (C=O) groups is 1. The van der Waals surface area contributed by atoms with E-state index >= 15 is 0 Å². The SMILES string of the molecule is Cc1oc(-n2cccc2)c(C#N)c1C(=O)N1CCC(c2ccccc2)CC1. The Bertz CT molecular complexity index is 973. The molecule has 0 spiro atoms. The molecule has 5 heteroatoms. The average Bonchev–Trinajstić information content (AvgIpc) is 3.35. The predicted molar refractivity (Wildman–Crippen MR) is 102 cm³/mol. The van der Waals surface area contributed by atoms with Crippen LogP contribution in [0.5, 0.6) is 0 Å². The van der Waals surface area contributed by atoms with E-state index in [2.05, 4.69) is 30.3 Å². The van der Waals surface area contributed by atoms with E-state index in [4.69, 9.17) is 4.42 Å². The first-order valence-corrected chi connectivity index (χ1v) is 9.20. The van der Waals surface area contributed by atoms with E-state index in [9.17, 15) is 10.1 Å². The van der Waals surface area contributed by atoms with E-state index in [0.717, 1.165) is 12.8 Å². The average molecular weight is 359 g/mol. The Morgan fingerprint density at radius 2 is 1.78 bits per heavy atom. The summed E-state index contributed by atoms with van der Waals surface area (Å²) in [5.74, 6) is 1.26. The Hall–Kier alpha value is -3.26. The molecule has 5 nitrogen and oxygen atoms in total. The van der Waals surface area contributed by atoms with Crippen LogP contribution >= 0.6 is 0 Å². The number of hydrogen-bond donors (Lipinski definition) is 0. The maximum absolute atomic E-state index is 13.1. The number of carbonyl (C=O) groups excluding carboxylic acids is 1. The second kappa shape index (κ2) is 7.16. The number of furan rings is 1. The van der Waals surface area contributed by atoms with Crippen molar-refractivity contribution >= 4 is 5.91 Å². The highest BCUT2D eigenvalue weighted by atomic mass is 16.4. The molecular formula is C22H21N3O2. The van der Waals surface area contributed by atoms with Crippen molar-refractivity contribution in [2.45, 2.75) is 25.7 Å². The molecule has 1 aliphatic rings. The summed E-state index contributed by atoms with van der Waals surface area (Å²) < 4.78 is 7.50. The van der Waals surface area contributed by atoms with Crippen LogP contribution in [0.25, 0.3) is 5.88 Å². The van der Waals surface area contributed by atoms with Gasteiger partial charge in [-0.2, -0.15) is 5.26 Å². The third-order valence-corrected chi connectivity index (χ3v) is 5.28. The molecule has 0 N–H and O–H groups in total.